The Kier molecular flexibility index (Phi) is 70.3. The molecule has 0 spiro atoms. The number of esters is 2. The summed E-state index contributed by atoms with van der Waals surface area (Å²) in [5.41, 5.74) is 0. The van der Waals surface area contributed by atoms with E-state index in [1.54, 1.807) is 0 Å². The van der Waals surface area contributed by atoms with Crippen LogP contribution in [0, 0.1) is 0 Å². The second kappa shape index (κ2) is 75.0. The molecule has 0 radical (unpaired) electrons. The third-order valence-electron chi connectivity index (χ3n) is 14.9. The van der Waals surface area contributed by atoms with Crippen molar-refractivity contribution in [3.63, 3.8) is 0 Å². The molecule has 10 heteroatoms. The van der Waals surface area contributed by atoms with Gasteiger partial charge in [0.25, 0.3) is 0 Å². The van der Waals surface area contributed by atoms with Gasteiger partial charge in [0.05, 0.1) is 27.7 Å². The number of nitrogens with zero attached hydrogens (tertiary/aromatic N) is 1. The summed E-state index contributed by atoms with van der Waals surface area (Å²) in [6.07, 6.45) is 123. The van der Waals surface area contributed by atoms with Crippen LogP contribution >= 0.6 is 7.82 Å². The average molecular weight is 1370 g/mol. The molecule has 0 aromatic heterocycles. The molecule has 0 aliphatic carbocycles. The van der Waals surface area contributed by atoms with Crippen LogP contribution in [0.2, 0.25) is 0 Å². The van der Waals surface area contributed by atoms with Gasteiger partial charge in [-0.05, 0) is 167 Å². The third-order valence-corrected chi connectivity index (χ3v) is 15.9. The molecule has 0 aromatic rings. The molecule has 0 fully saturated rings. The van der Waals surface area contributed by atoms with Crippen LogP contribution in [0.1, 0.15) is 245 Å². The molecule has 98 heavy (non-hydrogen) atoms. The molecule has 0 bridgehead atoms. The Hall–Kier alpha value is -6.19. The van der Waals surface area contributed by atoms with Crippen LogP contribution in [0.3, 0.4) is 0 Å². The van der Waals surface area contributed by atoms with Crippen molar-refractivity contribution >= 4 is 19.8 Å². The van der Waals surface area contributed by atoms with E-state index in [9.17, 15) is 19.0 Å². The van der Waals surface area contributed by atoms with Crippen LogP contribution in [0.15, 0.2) is 243 Å². The third kappa shape index (κ3) is 78.8. The lowest BCUT2D eigenvalue weighted by Crippen LogP contribution is -2.37. The Labute approximate surface area is 600 Å². The van der Waals surface area contributed by atoms with Crippen molar-refractivity contribution in [1.29, 1.82) is 0 Å². The maximum Gasteiger partial charge on any atom is 0.472 e. The molecule has 0 heterocycles. The molecular formula is C88H137NO8P+. The summed E-state index contributed by atoms with van der Waals surface area (Å²) in [7, 11) is 1.42. The standard InChI is InChI=1S/C88H136NO8P/c1-6-8-10-12-14-16-18-20-22-24-26-28-30-32-34-36-38-40-42-43-44-45-47-49-51-53-55-57-59-61-63-65-67-69-71-73-75-77-79-81-88(91)97-86(85-96-98(92,93)95-83-82-89(3,4)5)84-94-87(90)80-78-76-74-72-70-68-66-64-62-60-58-56-54-52-50-48-46-41-39-37-35-33-31-29-27-25-23-21-19-17-15-13-11-9-7-2/h8-11,14-17,20-23,26-29,32-35,38-41,43-44,47-50,53-56,59-62,65,67,86H,6-7,12-13,18-19,24-25,30-31,36-37,42,45-46,51-52,57-58,63-64,66,68-85H2,1-5H3/p+1/b10-8-,11-9-,16-14-,17-15-,22-20-,23-21-,28-26-,29-27-,34-32-,35-33-,40-38-,41-39-,44-43-,49-47-,50-48-,55-53-,56-54-,61-59-,62-60-,67-65-. The first kappa shape index (κ1) is 91.8. The van der Waals surface area contributed by atoms with Gasteiger partial charge in [-0.15, -0.1) is 0 Å². The molecule has 1 N–H and O–H groups in total. The van der Waals surface area contributed by atoms with Crippen LogP contribution in [-0.2, 0) is 32.7 Å². The largest absolute Gasteiger partial charge is 0.472 e. The van der Waals surface area contributed by atoms with E-state index in [1.165, 1.54) is 19.3 Å². The molecule has 9 nitrogen and oxygen atoms in total. The second-order valence-electron chi connectivity index (χ2n) is 25.2. The number of likely N-dealkylation sites (N-methyl/N-ethyl adjacent to an activating group) is 1. The summed E-state index contributed by atoms with van der Waals surface area (Å²) in [6, 6.07) is 0. The number of ether oxygens (including phenoxy) is 2. The summed E-state index contributed by atoms with van der Waals surface area (Å²) in [5.74, 6) is -0.852. The Morgan fingerprint density at radius 2 is 0.551 bits per heavy atom. The number of phosphoric ester groups is 1. The highest BCUT2D eigenvalue weighted by Crippen LogP contribution is 2.43. The highest BCUT2D eigenvalue weighted by Gasteiger charge is 2.27. The van der Waals surface area contributed by atoms with Crippen LogP contribution in [0.25, 0.3) is 0 Å². The van der Waals surface area contributed by atoms with Gasteiger partial charge in [-0.1, -0.05) is 308 Å². The van der Waals surface area contributed by atoms with Crippen LogP contribution in [0.4, 0.5) is 0 Å². The molecule has 0 aromatic carbocycles. The molecular weight excluding hydrogens is 1230 g/mol. The Morgan fingerprint density at radius 1 is 0.316 bits per heavy atom. The molecule has 2 unspecified atom stereocenters. The smallest absolute Gasteiger partial charge is 0.462 e. The zero-order valence-corrected chi connectivity index (χ0v) is 63.0. The first-order valence-electron chi connectivity index (χ1n) is 37.8. The highest BCUT2D eigenvalue weighted by molar-refractivity contribution is 7.47. The number of allylic oxidation sites excluding steroid dienone is 40. The van der Waals surface area contributed by atoms with Gasteiger partial charge in [0.1, 0.15) is 19.8 Å². The lowest BCUT2D eigenvalue weighted by Gasteiger charge is -2.24. The van der Waals surface area contributed by atoms with Crippen molar-refractivity contribution in [3.8, 4) is 0 Å². The molecule has 0 saturated heterocycles. The number of hydrogen-bond donors (Lipinski definition) is 1. The zero-order chi connectivity index (χ0) is 71.1. The summed E-state index contributed by atoms with van der Waals surface area (Å²) in [5, 5.41) is 0. The maximum atomic E-state index is 12.9. The molecule has 0 rings (SSSR count). The SMILES string of the molecule is CC/C=C\C/C=C\C/C=C\C/C=C\C/C=C\C/C=C\C/C=C\C/C=C\C/C=C\C/C=C\C/C=C\CCCCCCCC(=O)OC(COC(=O)CCCCCCCCC/C=C\C/C=C\C/C=C\C/C=C\C/C=C\C/C=C\C/C=C\C/C=C\C/C=C\CC)COP(=O)(O)OCC[N+](C)(C)C. The van der Waals surface area contributed by atoms with E-state index in [2.05, 4.69) is 257 Å². The van der Waals surface area contributed by atoms with E-state index < -0.39 is 32.5 Å². The number of hydrogen-bond acceptors (Lipinski definition) is 7. The molecule has 0 aliphatic rings. The number of quaternary nitrogens is 1. The monoisotopic (exact) mass is 1370 g/mol. The fourth-order valence-electron chi connectivity index (χ4n) is 9.19. The van der Waals surface area contributed by atoms with E-state index in [0.29, 0.717) is 23.9 Å². The van der Waals surface area contributed by atoms with Crippen molar-refractivity contribution < 1.29 is 42.1 Å². The number of unbranched alkanes of at least 4 members (excludes halogenated alkanes) is 12. The summed E-state index contributed by atoms with van der Waals surface area (Å²) in [6.45, 7) is 4.13. The number of carbonyl (C=O) groups excluding carboxylic acids is 2. The van der Waals surface area contributed by atoms with Crippen molar-refractivity contribution in [2.45, 2.75) is 251 Å². The predicted molar refractivity (Wildman–Crippen MR) is 426 cm³/mol. The van der Waals surface area contributed by atoms with Crippen LogP contribution < -0.4 is 0 Å². The second-order valence-corrected chi connectivity index (χ2v) is 26.7. The summed E-state index contributed by atoms with van der Waals surface area (Å²) >= 11 is 0. The van der Waals surface area contributed by atoms with Gasteiger partial charge >= 0.3 is 19.8 Å². The van der Waals surface area contributed by atoms with E-state index in [1.807, 2.05) is 21.1 Å². The van der Waals surface area contributed by atoms with Gasteiger partial charge in [0.15, 0.2) is 6.10 Å². The minimum Gasteiger partial charge on any atom is -0.462 e. The zero-order valence-electron chi connectivity index (χ0n) is 62.2. The van der Waals surface area contributed by atoms with Gasteiger partial charge in [0, 0.05) is 12.8 Å². The van der Waals surface area contributed by atoms with Gasteiger partial charge in [-0.2, -0.15) is 0 Å². The Bertz CT molecular complexity index is 2560. The number of carbonyl (C=O) groups is 2. The molecule has 0 aliphatic heterocycles. The lowest BCUT2D eigenvalue weighted by molar-refractivity contribution is -0.870. The predicted octanol–water partition coefficient (Wildman–Crippen LogP) is 25.5. The summed E-state index contributed by atoms with van der Waals surface area (Å²) in [4.78, 5) is 35.9. The fraction of sp³-hybridized carbons (Fsp3) is 0.523. The number of phosphoric acid groups is 1. The first-order chi connectivity index (χ1) is 48.0. The van der Waals surface area contributed by atoms with Crippen molar-refractivity contribution in [2.75, 3.05) is 47.5 Å². The van der Waals surface area contributed by atoms with E-state index in [0.717, 1.165) is 186 Å². The van der Waals surface area contributed by atoms with Crippen LogP contribution in [-0.4, -0.2) is 74.9 Å². The van der Waals surface area contributed by atoms with Gasteiger partial charge < -0.3 is 18.9 Å². The Morgan fingerprint density at radius 3 is 0.816 bits per heavy atom. The van der Waals surface area contributed by atoms with Gasteiger partial charge in [-0.25, -0.2) is 4.57 Å². The van der Waals surface area contributed by atoms with E-state index in [4.69, 9.17) is 18.5 Å². The molecule has 0 amide bonds. The van der Waals surface area contributed by atoms with Crippen LogP contribution in [0.5, 0.6) is 0 Å². The number of rotatable bonds is 66. The highest BCUT2D eigenvalue weighted by atomic mass is 31.2. The maximum absolute atomic E-state index is 12.9. The average Bonchev–Trinajstić information content (AvgIpc) is 1.23. The molecule has 546 valence electrons. The van der Waals surface area contributed by atoms with Crippen molar-refractivity contribution in [2.24, 2.45) is 0 Å². The molecule has 2 atom stereocenters. The summed E-state index contributed by atoms with van der Waals surface area (Å²) < 4.78 is 34.7. The van der Waals surface area contributed by atoms with Crippen molar-refractivity contribution in [3.05, 3.63) is 243 Å². The van der Waals surface area contributed by atoms with E-state index in [-0.39, 0.29) is 26.1 Å². The van der Waals surface area contributed by atoms with E-state index >= 15 is 0 Å². The minimum absolute atomic E-state index is 0.0117. The normalized spacial score (nSPS) is 14.5. The van der Waals surface area contributed by atoms with Gasteiger partial charge in [0.2, 0.25) is 0 Å². The Balaban J connectivity index is 4.21. The molecule has 0 saturated carbocycles. The van der Waals surface area contributed by atoms with Gasteiger partial charge in [-0.3, -0.25) is 18.6 Å². The topological polar surface area (TPSA) is 108 Å². The quantitative estimate of drug-likeness (QED) is 0.0211. The minimum atomic E-state index is -4.42. The fourth-order valence-corrected chi connectivity index (χ4v) is 9.93. The van der Waals surface area contributed by atoms with Crippen molar-refractivity contribution in [1.82, 2.24) is 0 Å². The lowest BCUT2D eigenvalue weighted by atomic mass is 10.1. The first-order valence-corrected chi connectivity index (χ1v) is 39.3.